The van der Waals surface area contributed by atoms with Crippen LogP contribution in [0.1, 0.15) is 26.7 Å². The standard InChI is InChI=1S/C17H21N3O6S/c1-10(2)25-9-12-7-11(16(22)26-12)8-15(21)19-17(27)18-13-5-3-4-6-14(13)20(23)24/h3-6,10-12H,7-9H2,1-2H3,(H2,18,19,21,27). The van der Waals surface area contributed by atoms with Crippen molar-refractivity contribution in [3.05, 3.63) is 34.4 Å². The Labute approximate surface area is 161 Å². The molecule has 2 N–H and O–H groups in total. The number of cyclic esters (lactones) is 1. The van der Waals surface area contributed by atoms with Gasteiger partial charge in [0, 0.05) is 18.9 Å². The Bertz CT molecular complexity index is 739. The molecule has 1 saturated heterocycles. The van der Waals surface area contributed by atoms with Crippen LogP contribution in [0.5, 0.6) is 0 Å². The predicted molar refractivity (Wildman–Crippen MR) is 101 cm³/mol. The lowest BCUT2D eigenvalue weighted by atomic mass is 10.0. The fraction of sp³-hybridized carbons (Fsp3) is 0.471. The number of thiocarbonyl (C=S) groups is 1. The zero-order chi connectivity index (χ0) is 20.0. The van der Waals surface area contributed by atoms with Crippen molar-refractivity contribution in [1.29, 1.82) is 0 Å². The van der Waals surface area contributed by atoms with Crippen LogP contribution in [-0.4, -0.2) is 40.7 Å². The third-order valence-electron chi connectivity index (χ3n) is 3.81. The number of benzene rings is 1. The van der Waals surface area contributed by atoms with Crippen molar-refractivity contribution in [1.82, 2.24) is 5.32 Å². The summed E-state index contributed by atoms with van der Waals surface area (Å²) in [4.78, 5) is 34.4. The maximum atomic E-state index is 12.1. The van der Waals surface area contributed by atoms with Crippen LogP contribution in [0, 0.1) is 16.0 Å². The second kappa shape index (κ2) is 9.38. The Hall–Kier alpha value is -2.59. The summed E-state index contributed by atoms with van der Waals surface area (Å²) in [5.74, 6) is -1.49. The van der Waals surface area contributed by atoms with Gasteiger partial charge in [0.1, 0.15) is 11.8 Å². The van der Waals surface area contributed by atoms with Gasteiger partial charge in [0.2, 0.25) is 5.91 Å². The molecular weight excluding hydrogens is 374 g/mol. The molecule has 9 nitrogen and oxygen atoms in total. The highest BCUT2D eigenvalue weighted by molar-refractivity contribution is 7.80. The average Bonchev–Trinajstić information content (AvgIpc) is 2.92. The van der Waals surface area contributed by atoms with Gasteiger partial charge in [-0.15, -0.1) is 0 Å². The molecular formula is C17H21N3O6S. The zero-order valence-electron chi connectivity index (χ0n) is 15.0. The van der Waals surface area contributed by atoms with Gasteiger partial charge in [-0.1, -0.05) is 12.1 Å². The minimum Gasteiger partial charge on any atom is -0.460 e. The molecule has 1 heterocycles. The number of rotatable bonds is 7. The molecule has 1 amide bonds. The first-order valence-corrected chi connectivity index (χ1v) is 8.83. The van der Waals surface area contributed by atoms with Crippen LogP contribution in [0.4, 0.5) is 11.4 Å². The summed E-state index contributed by atoms with van der Waals surface area (Å²) in [7, 11) is 0. The average molecular weight is 395 g/mol. The summed E-state index contributed by atoms with van der Waals surface area (Å²) in [5.41, 5.74) is 0.000406. The number of anilines is 1. The van der Waals surface area contributed by atoms with E-state index in [1.807, 2.05) is 13.8 Å². The molecule has 2 atom stereocenters. The molecule has 1 aliphatic rings. The SMILES string of the molecule is CC(C)OCC1CC(CC(=O)NC(=S)Nc2ccccc2[N+](=O)[O-])C(=O)O1. The first-order valence-electron chi connectivity index (χ1n) is 8.42. The van der Waals surface area contributed by atoms with Crippen LogP contribution in [0.15, 0.2) is 24.3 Å². The molecule has 2 unspecified atom stereocenters. The van der Waals surface area contributed by atoms with Crippen LogP contribution in [-0.2, 0) is 19.1 Å². The predicted octanol–water partition coefficient (Wildman–Crippen LogP) is 2.15. The number of esters is 1. The van der Waals surface area contributed by atoms with Gasteiger partial charge >= 0.3 is 5.97 Å². The van der Waals surface area contributed by atoms with Crippen LogP contribution >= 0.6 is 12.2 Å². The summed E-state index contributed by atoms with van der Waals surface area (Å²) in [5, 5.41) is 16.0. The quantitative estimate of drug-likeness (QED) is 0.312. The molecule has 1 fully saturated rings. The van der Waals surface area contributed by atoms with Crippen molar-refractivity contribution in [2.75, 3.05) is 11.9 Å². The molecule has 0 aromatic heterocycles. The van der Waals surface area contributed by atoms with Gasteiger partial charge in [0.15, 0.2) is 5.11 Å². The number of carbonyl (C=O) groups excluding carboxylic acids is 2. The number of para-hydroxylation sites is 2. The third kappa shape index (κ3) is 6.26. The van der Waals surface area contributed by atoms with E-state index in [4.69, 9.17) is 21.7 Å². The highest BCUT2D eigenvalue weighted by atomic mass is 32.1. The van der Waals surface area contributed by atoms with Crippen LogP contribution < -0.4 is 10.6 Å². The maximum Gasteiger partial charge on any atom is 0.309 e. The highest BCUT2D eigenvalue weighted by Crippen LogP contribution is 2.25. The van der Waals surface area contributed by atoms with E-state index in [1.165, 1.54) is 18.2 Å². The van der Waals surface area contributed by atoms with Gasteiger partial charge in [-0.25, -0.2) is 0 Å². The van der Waals surface area contributed by atoms with Crippen molar-refractivity contribution in [2.24, 2.45) is 5.92 Å². The molecule has 146 valence electrons. The number of ether oxygens (including phenoxy) is 2. The molecule has 1 aromatic carbocycles. The van der Waals surface area contributed by atoms with Crippen molar-refractivity contribution in [2.45, 2.75) is 38.9 Å². The first-order chi connectivity index (χ1) is 12.8. The number of amides is 1. The molecule has 0 saturated carbocycles. The summed E-state index contributed by atoms with van der Waals surface area (Å²) >= 11 is 5.02. The lowest BCUT2D eigenvalue weighted by molar-refractivity contribution is -0.383. The molecule has 1 aromatic rings. The number of nitro benzene ring substituents is 1. The Kier molecular flexibility index (Phi) is 7.19. The van der Waals surface area contributed by atoms with Crippen molar-refractivity contribution in [3.8, 4) is 0 Å². The number of nitrogens with zero attached hydrogens (tertiary/aromatic N) is 1. The smallest absolute Gasteiger partial charge is 0.309 e. The van der Waals surface area contributed by atoms with E-state index < -0.39 is 22.7 Å². The fourth-order valence-corrected chi connectivity index (χ4v) is 2.81. The van der Waals surface area contributed by atoms with E-state index >= 15 is 0 Å². The third-order valence-corrected chi connectivity index (χ3v) is 4.02. The van der Waals surface area contributed by atoms with Crippen LogP contribution in [0.2, 0.25) is 0 Å². The van der Waals surface area contributed by atoms with E-state index in [2.05, 4.69) is 10.6 Å². The summed E-state index contributed by atoms with van der Waals surface area (Å²) in [6, 6.07) is 5.93. The van der Waals surface area contributed by atoms with Gasteiger partial charge in [0.25, 0.3) is 5.69 Å². The van der Waals surface area contributed by atoms with Crippen molar-refractivity contribution in [3.63, 3.8) is 0 Å². The molecule has 1 aliphatic heterocycles. The van der Waals surface area contributed by atoms with Gasteiger partial charge in [-0.2, -0.15) is 0 Å². The fourth-order valence-electron chi connectivity index (χ4n) is 2.58. The Morgan fingerprint density at radius 2 is 2.15 bits per heavy atom. The van der Waals surface area contributed by atoms with Gasteiger partial charge < -0.3 is 20.1 Å². The number of carbonyl (C=O) groups is 2. The monoisotopic (exact) mass is 395 g/mol. The van der Waals surface area contributed by atoms with Gasteiger partial charge in [0.05, 0.1) is 23.6 Å². The van der Waals surface area contributed by atoms with E-state index in [1.54, 1.807) is 6.07 Å². The number of hydrogen-bond donors (Lipinski definition) is 2. The van der Waals surface area contributed by atoms with Crippen molar-refractivity contribution < 1.29 is 24.0 Å². The summed E-state index contributed by atoms with van der Waals surface area (Å²) in [6.07, 6.45) is -0.0368. The number of nitro groups is 1. The van der Waals surface area contributed by atoms with E-state index in [-0.39, 0.29) is 35.1 Å². The number of nitrogens with one attached hydrogen (secondary N) is 2. The van der Waals surface area contributed by atoms with E-state index in [0.29, 0.717) is 13.0 Å². The molecule has 27 heavy (non-hydrogen) atoms. The zero-order valence-corrected chi connectivity index (χ0v) is 15.8. The molecule has 0 spiro atoms. The second-order valence-electron chi connectivity index (χ2n) is 6.35. The Morgan fingerprint density at radius 1 is 1.44 bits per heavy atom. The largest absolute Gasteiger partial charge is 0.460 e. The van der Waals surface area contributed by atoms with Gasteiger partial charge in [-0.3, -0.25) is 19.7 Å². The molecule has 10 heteroatoms. The normalized spacial score (nSPS) is 18.9. The molecule has 0 aliphatic carbocycles. The second-order valence-corrected chi connectivity index (χ2v) is 6.76. The summed E-state index contributed by atoms with van der Waals surface area (Å²) in [6.45, 7) is 4.05. The topological polar surface area (TPSA) is 120 Å². The van der Waals surface area contributed by atoms with E-state index in [9.17, 15) is 19.7 Å². The highest BCUT2D eigenvalue weighted by Gasteiger charge is 2.36. The molecule has 0 radical (unpaired) electrons. The van der Waals surface area contributed by atoms with Crippen LogP contribution in [0.3, 0.4) is 0 Å². The van der Waals surface area contributed by atoms with E-state index in [0.717, 1.165) is 0 Å². The minimum absolute atomic E-state index is 0.0246. The Balaban J connectivity index is 1.84. The Morgan fingerprint density at radius 3 is 2.81 bits per heavy atom. The maximum absolute atomic E-state index is 12.1. The lowest BCUT2D eigenvalue weighted by Gasteiger charge is -2.12. The molecule has 2 rings (SSSR count). The van der Waals surface area contributed by atoms with Crippen molar-refractivity contribution >= 4 is 40.6 Å². The first kappa shape index (κ1) is 20.7. The van der Waals surface area contributed by atoms with Crippen LogP contribution in [0.25, 0.3) is 0 Å². The number of hydrogen-bond acceptors (Lipinski definition) is 7. The molecule has 0 bridgehead atoms. The minimum atomic E-state index is -0.570. The summed E-state index contributed by atoms with van der Waals surface area (Å²) < 4.78 is 10.6. The van der Waals surface area contributed by atoms with Gasteiger partial charge in [-0.05, 0) is 32.1 Å². The lowest BCUT2D eigenvalue weighted by Crippen LogP contribution is -2.35.